The summed E-state index contributed by atoms with van der Waals surface area (Å²) in [6, 6.07) is 11.2. The van der Waals surface area contributed by atoms with Gasteiger partial charge in [0.15, 0.2) is 0 Å². The number of rotatable bonds is 7. The summed E-state index contributed by atoms with van der Waals surface area (Å²) in [5.74, 6) is -2.23. The summed E-state index contributed by atoms with van der Waals surface area (Å²) in [4.78, 5) is 31.2. The highest BCUT2D eigenvalue weighted by atomic mass is 19.4. The normalized spacial score (nSPS) is 27.0. The number of piperidine rings is 1. The number of likely N-dealkylation sites (tertiary alicyclic amines) is 2. The van der Waals surface area contributed by atoms with Crippen molar-refractivity contribution in [2.75, 3.05) is 51.3 Å². The van der Waals surface area contributed by atoms with Gasteiger partial charge in [0.2, 0.25) is 5.67 Å². The fourth-order valence-electron chi connectivity index (χ4n) is 7.99. The Morgan fingerprint density at radius 3 is 2.24 bits per heavy atom. The second-order valence-electron chi connectivity index (χ2n) is 13.2. The zero-order valence-electron chi connectivity index (χ0n) is 25.6. The van der Waals surface area contributed by atoms with Crippen molar-refractivity contribution in [2.24, 2.45) is 5.92 Å². The molecule has 3 heterocycles. The predicted octanol–water partition coefficient (Wildman–Crippen LogP) is 6.08. The first-order valence-electron chi connectivity index (χ1n) is 16.0. The molecule has 3 atom stereocenters. The minimum atomic E-state index is -4.53. The third kappa shape index (κ3) is 6.24. The number of carbonyl (C=O) groups is 2. The molecule has 45 heavy (non-hydrogen) atoms. The number of amides is 1. The number of alkyl halides is 4. The van der Waals surface area contributed by atoms with Crippen molar-refractivity contribution in [1.82, 2.24) is 9.80 Å². The summed E-state index contributed by atoms with van der Waals surface area (Å²) in [5.41, 5.74) is -1.04. The van der Waals surface area contributed by atoms with Crippen molar-refractivity contribution in [2.45, 2.75) is 74.7 Å². The number of carboxylic acid groups (broad SMARTS) is 1. The van der Waals surface area contributed by atoms with Crippen molar-refractivity contribution in [1.29, 1.82) is 0 Å². The predicted molar refractivity (Wildman–Crippen MR) is 161 cm³/mol. The molecule has 1 aliphatic carbocycles. The van der Waals surface area contributed by atoms with Crippen LogP contribution >= 0.6 is 0 Å². The molecule has 4 fully saturated rings. The SMILES string of the molecule is COc1ccc([C@@H]2CN(C3CCCC3)C[C@@]2(F)C(=O)N2CC[C@@H](c3ccc(C(F)(F)F)cc3N3CCC(C(=O)O)CC3)C2)cc1. The average Bonchev–Trinajstić information content (AvgIpc) is 3.81. The van der Waals surface area contributed by atoms with Crippen LogP contribution < -0.4 is 9.64 Å². The molecule has 4 aliphatic rings. The Morgan fingerprint density at radius 2 is 1.62 bits per heavy atom. The van der Waals surface area contributed by atoms with Gasteiger partial charge < -0.3 is 19.6 Å². The van der Waals surface area contributed by atoms with Crippen LogP contribution in [0.2, 0.25) is 0 Å². The summed E-state index contributed by atoms with van der Waals surface area (Å²) < 4.78 is 63.9. The van der Waals surface area contributed by atoms with E-state index in [4.69, 9.17) is 4.74 Å². The van der Waals surface area contributed by atoms with Crippen LogP contribution in [0.1, 0.15) is 73.5 Å². The molecule has 7 nitrogen and oxygen atoms in total. The van der Waals surface area contributed by atoms with Gasteiger partial charge in [0.1, 0.15) is 5.75 Å². The number of nitrogens with zero attached hydrogens (tertiary/aromatic N) is 3. The highest BCUT2D eigenvalue weighted by molar-refractivity contribution is 5.88. The third-order valence-corrected chi connectivity index (χ3v) is 10.6. The molecule has 2 aromatic carbocycles. The van der Waals surface area contributed by atoms with Gasteiger partial charge in [-0.3, -0.25) is 14.5 Å². The van der Waals surface area contributed by atoms with Crippen LogP contribution in [0.4, 0.5) is 23.2 Å². The van der Waals surface area contributed by atoms with Crippen molar-refractivity contribution >= 4 is 17.6 Å². The molecule has 1 saturated carbocycles. The maximum atomic E-state index is 17.3. The van der Waals surface area contributed by atoms with Crippen LogP contribution in [-0.4, -0.2) is 84.9 Å². The largest absolute Gasteiger partial charge is 0.497 e. The molecule has 2 aromatic rings. The molecule has 3 saturated heterocycles. The number of aliphatic carboxylic acids is 1. The Balaban J connectivity index is 1.25. The number of hydrogen-bond donors (Lipinski definition) is 1. The Kier molecular flexibility index (Phi) is 8.76. The van der Waals surface area contributed by atoms with Crippen molar-refractivity contribution in [3.63, 3.8) is 0 Å². The zero-order valence-corrected chi connectivity index (χ0v) is 25.6. The van der Waals surface area contributed by atoms with Crippen LogP contribution in [0.15, 0.2) is 42.5 Å². The molecule has 0 spiro atoms. The molecule has 0 radical (unpaired) electrons. The van der Waals surface area contributed by atoms with Gasteiger partial charge in [0.25, 0.3) is 5.91 Å². The van der Waals surface area contributed by atoms with Crippen LogP contribution in [0.5, 0.6) is 5.75 Å². The number of hydrogen-bond acceptors (Lipinski definition) is 5. The topological polar surface area (TPSA) is 73.3 Å². The standard InChI is InChI=1S/C34H41F4N3O4/c1-45-27-9-6-22(7-10-27)29-20-41(26-4-2-3-5-26)21-33(29,35)32(44)40-17-14-24(19-40)28-11-8-25(34(36,37)38)18-30(28)39-15-12-23(13-16-39)31(42)43/h6-11,18,23-24,26,29H,2-5,12-17,19-21H2,1H3,(H,42,43)/t24-,29+,33+/m1/s1. The molecular weight excluding hydrogens is 590 g/mol. The number of anilines is 1. The Hall–Kier alpha value is -3.34. The first kappa shape index (κ1) is 31.6. The van der Waals surface area contributed by atoms with E-state index in [-0.39, 0.29) is 25.0 Å². The molecule has 0 bridgehead atoms. The van der Waals surface area contributed by atoms with E-state index in [2.05, 4.69) is 4.90 Å². The van der Waals surface area contributed by atoms with Gasteiger partial charge in [-0.1, -0.05) is 31.0 Å². The van der Waals surface area contributed by atoms with Crippen molar-refractivity contribution in [3.8, 4) is 5.75 Å². The van der Waals surface area contributed by atoms with E-state index in [1.165, 1.54) is 6.07 Å². The van der Waals surface area contributed by atoms with E-state index < -0.39 is 41.1 Å². The van der Waals surface area contributed by atoms with Crippen LogP contribution in [0.3, 0.4) is 0 Å². The molecule has 0 unspecified atom stereocenters. The van der Waals surface area contributed by atoms with Crippen molar-refractivity contribution < 1.29 is 37.0 Å². The minimum Gasteiger partial charge on any atom is -0.497 e. The lowest BCUT2D eigenvalue weighted by Gasteiger charge is -2.35. The highest BCUT2D eigenvalue weighted by Gasteiger charge is 2.57. The van der Waals surface area contributed by atoms with E-state index >= 15 is 4.39 Å². The third-order valence-electron chi connectivity index (χ3n) is 10.6. The highest BCUT2D eigenvalue weighted by Crippen LogP contribution is 2.46. The monoisotopic (exact) mass is 631 g/mol. The van der Waals surface area contributed by atoms with E-state index in [0.29, 0.717) is 62.4 Å². The molecular formula is C34H41F4N3O4. The molecule has 0 aromatic heterocycles. The number of carboxylic acids is 1. The number of methoxy groups -OCH3 is 1. The van der Waals surface area contributed by atoms with Gasteiger partial charge in [-0.05, 0) is 67.5 Å². The lowest BCUT2D eigenvalue weighted by atomic mass is 9.85. The summed E-state index contributed by atoms with van der Waals surface area (Å²) in [6.45, 7) is 1.66. The van der Waals surface area contributed by atoms with Gasteiger partial charge >= 0.3 is 12.1 Å². The van der Waals surface area contributed by atoms with Crippen LogP contribution in [0.25, 0.3) is 0 Å². The maximum absolute atomic E-state index is 17.3. The first-order valence-corrected chi connectivity index (χ1v) is 16.0. The molecule has 6 rings (SSSR count). The maximum Gasteiger partial charge on any atom is 0.416 e. The molecule has 3 aliphatic heterocycles. The van der Waals surface area contributed by atoms with Gasteiger partial charge in [0, 0.05) is 62.8 Å². The quantitative estimate of drug-likeness (QED) is 0.374. The van der Waals surface area contributed by atoms with Gasteiger partial charge in [-0.2, -0.15) is 13.2 Å². The second-order valence-corrected chi connectivity index (χ2v) is 13.2. The van der Waals surface area contributed by atoms with E-state index in [1.54, 1.807) is 24.1 Å². The number of carbonyl (C=O) groups excluding carboxylic acids is 1. The molecule has 1 N–H and O–H groups in total. The minimum absolute atomic E-state index is 0.0262. The average molecular weight is 632 g/mol. The van der Waals surface area contributed by atoms with Crippen molar-refractivity contribution in [3.05, 3.63) is 59.2 Å². The van der Waals surface area contributed by atoms with E-state index in [9.17, 15) is 27.9 Å². The lowest BCUT2D eigenvalue weighted by Crippen LogP contribution is -2.50. The Bertz CT molecular complexity index is 1390. The number of ether oxygens (including phenoxy) is 1. The van der Waals surface area contributed by atoms with Gasteiger partial charge in [-0.25, -0.2) is 4.39 Å². The molecule has 11 heteroatoms. The summed E-state index contributed by atoms with van der Waals surface area (Å²) in [5, 5.41) is 9.41. The van der Waals surface area contributed by atoms with Crippen LogP contribution in [0, 0.1) is 5.92 Å². The zero-order chi connectivity index (χ0) is 31.9. The fourth-order valence-corrected chi connectivity index (χ4v) is 7.99. The van der Waals surface area contributed by atoms with Gasteiger partial charge in [0.05, 0.1) is 18.6 Å². The number of halogens is 4. The van der Waals surface area contributed by atoms with Gasteiger partial charge in [-0.15, -0.1) is 0 Å². The summed E-state index contributed by atoms with van der Waals surface area (Å²) in [6.07, 6.45) is 0.833. The Labute approximate surface area is 261 Å². The first-order chi connectivity index (χ1) is 21.5. The van der Waals surface area contributed by atoms with Crippen LogP contribution in [-0.2, 0) is 15.8 Å². The Morgan fingerprint density at radius 1 is 0.933 bits per heavy atom. The number of benzene rings is 2. The summed E-state index contributed by atoms with van der Waals surface area (Å²) >= 11 is 0. The fraction of sp³-hybridized carbons (Fsp3) is 0.588. The second kappa shape index (κ2) is 12.5. The summed E-state index contributed by atoms with van der Waals surface area (Å²) in [7, 11) is 1.57. The van der Waals surface area contributed by atoms with E-state index in [1.807, 2.05) is 17.0 Å². The molecule has 1 amide bonds. The smallest absolute Gasteiger partial charge is 0.416 e. The van der Waals surface area contributed by atoms with E-state index in [0.717, 1.165) is 43.4 Å². The molecule has 244 valence electrons. The lowest BCUT2D eigenvalue weighted by molar-refractivity contribution is -0.143.